The normalized spacial score (nSPS) is 16.5. The maximum Gasteiger partial charge on any atom is 0.239 e. The van der Waals surface area contributed by atoms with Gasteiger partial charge in [-0.3, -0.25) is 9.78 Å². The third-order valence-corrected chi connectivity index (χ3v) is 3.69. The number of hydrogen-bond acceptors (Lipinski definition) is 4. The number of nitrogens with zero attached hydrogens (tertiary/aromatic N) is 2. The molecule has 0 unspecified atom stereocenters. The third-order valence-electron chi connectivity index (χ3n) is 3.69. The second-order valence-electron chi connectivity index (χ2n) is 5.60. The topological polar surface area (TPSA) is 68.5 Å². The van der Waals surface area contributed by atoms with Crippen LogP contribution in [0.2, 0.25) is 0 Å². The number of carbonyl (C=O) groups is 1. The summed E-state index contributed by atoms with van der Waals surface area (Å²) in [6, 6.07) is 3.36. The molecule has 1 aromatic heterocycles. The average Bonchev–Trinajstić information content (AvgIpc) is 2.47. The molecule has 0 radical (unpaired) electrons. The van der Waals surface area contributed by atoms with Crippen molar-refractivity contribution >= 4 is 30.7 Å². The van der Waals surface area contributed by atoms with Crippen molar-refractivity contribution in [2.75, 3.05) is 13.1 Å². The van der Waals surface area contributed by atoms with Crippen molar-refractivity contribution in [3.05, 3.63) is 24.5 Å². The van der Waals surface area contributed by atoms with Gasteiger partial charge in [0.15, 0.2) is 0 Å². The number of carbonyl (C=O) groups excluding carboxylic acids is 1. The molecule has 5 nitrogen and oxygen atoms in total. The first-order valence-electron chi connectivity index (χ1n) is 7.19. The second kappa shape index (κ2) is 9.87. The minimum Gasteiger partial charge on any atom is -0.489 e. The summed E-state index contributed by atoms with van der Waals surface area (Å²) in [6.45, 7) is 5.37. The van der Waals surface area contributed by atoms with Crippen molar-refractivity contribution in [1.82, 2.24) is 9.88 Å². The molecule has 22 heavy (non-hydrogen) atoms. The predicted molar refractivity (Wildman–Crippen MR) is 91.8 cm³/mol. The largest absolute Gasteiger partial charge is 0.489 e. The molecular formula is C15H25Cl2N3O2. The molecule has 1 aliphatic rings. The Kier molecular flexibility index (Phi) is 9.41. The molecule has 2 rings (SSSR count). The fourth-order valence-electron chi connectivity index (χ4n) is 2.30. The van der Waals surface area contributed by atoms with E-state index in [4.69, 9.17) is 10.5 Å². The molecule has 1 fully saturated rings. The number of likely N-dealkylation sites (tertiary alicyclic amines) is 1. The van der Waals surface area contributed by atoms with Crippen molar-refractivity contribution in [2.45, 2.75) is 38.8 Å². The maximum absolute atomic E-state index is 12.2. The summed E-state index contributed by atoms with van der Waals surface area (Å²) >= 11 is 0. The van der Waals surface area contributed by atoms with Gasteiger partial charge in [0.1, 0.15) is 11.9 Å². The number of piperidine rings is 1. The molecule has 1 aromatic rings. The van der Waals surface area contributed by atoms with Crippen molar-refractivity contribution in [3.63, 3.8) is 0 Å². The number of pyridine rings is 1. The lowest BCUT2D eigenvalue weighted by Crippen LogP contribution is -2.50. The van der Waals surface area contributed by atoms with Crippen LogP contribution in [0.3, 0.4) is 0 Å². The Morgan fingerprint density at radius 2 is 2.00 bits per heavy atom. The molecule has 0 saturated carbocycles. The highest BCUT2D eigenvalue weighted by Crippen LogP contribution is 2.18. The summed E-state index contributed by atoms with van der Waals surface area (Å²) in [5.41, 5.74) is 5.92. The van der Waals surface area contributed by atoms with Crippen LogP contribution in [0.15, 0.2) is 24.5 Å². The lowest BCUT2D eigenvalue weighted by molar-refractivity contribution is -0.135. The van der Waals surface area contributed by atoms with E-state index in [9.17, 15) is 4.79 Å². The van der Waals surface area contributed by atoms with Gasteiger partial charge in [0.2, 0.25) is 5.91 Å². The average molecular weight is 350 g/mol. The van der Waals surface area contributed by atoms with E-state index in [1.54, 1.807) is 12.4 Å². The molecule has 0 aliphatic carbocycles. The number of ether oxygens (including phenoxy) is 1. The highest BCUT2D eigenvalue weighted by atomic mass is 35.5. The Bertz CT molecular complexity index is 438. The van der Waals surface area contributed by atoms with Crippen LogP contribution in [0.5, 0.6) is 5.75 Å². The fraction of sp³-hybridized carbons (Fsp3) is 0.600. The molecule has 0 bridgehead atoms. The van der Waals surface area contributed by atoms with Gasteiger partial charge in [0.25, 0.3) is 0 Å². The van der Waals surface area contributed by atoms with Gasteiger partial charge >= 0.3 is 0 Å². The molecule has 1 saturated heterocycles. The number of hydrogen-bond donors (Lipinski definition) is 1. The molecule has 1 atom stereocenters. The van der Waals surface area contributed by atoms with Gasteiger partial charge in [-0.15, -0.1) is 24.8 Å². The highest BCUT2D eigenvalue weighted by molar-refractivity contribution is 5.85. The number of aromatic nitrogens is 1. The standard InChI is InChI=1S/C15H23N3O2.2ClH/c1-11(2)14(16)15(19)18-8-5-12(6-9-18)20-13-4-3-7-17-10-13;;/h3-4,7,10-12,14H,5-6,8-9,16H2,1-2H3;2*1H/t14-;;/m0../s1. The zero-order valence-electron chi connectivity index (χ0n) is 13.0. The molecule has 2 heterocycles. The minimum absolute atomic E-state index is 0. The highest BCUT2D eigenvalue weighted by Gasteiger charge is 2.28. The summed E-state index contributed by atoms with van der Waals surface area (Å²) in [4.78, 5) is 18.0. The first-order chi connectivity index (χ1) is 9.58. The summed E-state index contributed by atoms with van der Waals surface area (Å²) in [7, 11) is 0. The third kappa shape index (κ3) is 5.63. The van der Waals surface area contributed by atoms with Crippen molar-refractivity contribution < 1.29 is 9.53 Å². The van der Waals surface area contributed by atoms with E-state index in [1.807, 2.05) is 30.9 Å². The number of nitrogens with two attached hydrogens (primary N) is 1. The van der Waals surface area contributed by atoms with Gasteiger partial charge < -0.3 is 15.4 Å². The zero-order chi connectivity index (χ0) is 14.5. The molecular weight excluding hydrogens is 325 g/mol. The molecule has 0 spiro atoms. The lowest BCUT2D eigenvalue weighted by atomic mass is 10.0. The van der Waals surface area contributed by atoms with E-state index in [0.29, 0.717) is 13.1 Å². The Morgan fingerprint density at radius 3 is 2.50 bits per heavy atom. The van der Waals surface area contributed by atoms with Crippen molar-refractivity contribution in [2.24, 2.45) is 11.7 Å². The van der Waals surface area contributed by atoms with Gasteiger partial charge in [-0.25, -0.2) is 0 Å². The van der Waals surface area contributed by atoms with E-state index in [1.165, 1.54) is 0 Å². The van der Waals surface area contributed by atoms with Crippen molar-refractivity contribution in [1.29, 1.82) is 0 Å². The van der Waals surface area contributed by atoms with E-state index in [-0.39, 0.29) is 42.7 Å². The Labute approximate surface area is 144 Å². The van der Waals surface area contributed by atoms with Crippen LogP contribution in [0.4, 0.5) is 0 Å². The molecule has 126 valence electrons. The predicted octanol–water partition coefficient (Wildman–Crippen LogP) is 2.28. The number of rotatable bonds is 4. The van der Waals surface area contributed by atoms with Crippen molar-refractivity contribution in [3.8, 4) is 5.75 Å². The van der Waals surface area contributed by atoms with Gasteiger partial charge in [-0.05, 0) is 18.1 Å². The van der Waals surface area contributed by atoms with Gasteiger partial charge in [0.05, 0.1) is 12.2 Å². The Balaban J connectivity index is 0.00000220. The molecule has 1 amide bonds. The van der Waals surface area contributed by atoms with Gasteiger partial charge in [0, 0.05) is 32.1 Å². The zero-order valence-corrected chi connectivity index (χ0v) is 14.6. The van der Waals surface area contributed by atoms with Crippen LogP contribution in [0, 0.1) is 5.92 Å². The van der Waals surface area contributed by atoms with Crippen LogP contribution >= 0.6 is 24.8 Å². The first kappa shape index (κ1) is 21.0. The van der Waals surface area contributed by atoms with Crippen LogP contribution in [0.1, 0.15) is 26.7 Å². The van der Waals surface area contributed by atoms with Crippen LogP contribution < -0.4 is 10.5 Å². The smallest absolute Gasteiger partial charge is 0.239 e. The molecule has 7 heteroatoms. The van der Waals surface area contributed by atoms with Crippen LogP contribution in [-0.4, -0.2) is 41.0 Å². The quantitative estimate of drug-likeness (QED) is 0.905. The Morgan fingerprint density at radius 1 is 1.36 bits per heavy atom. The Hall–Kier alpha value is -1.04. The fourth-order valence-corrected chi connectivity index (χ4v) is 2.30. The van der Waals surface area contributed by atoms with Gasteiger partial charge in [-0.1, -0.05) is 13.8 Å². The second-order valence-corrected chi connectivity index (χ2v) is 5.60. The number of halogens is 2. The SMILES string of the molecule is CC(C)[C@H](N)C(=O)N1CCC(Oc2cccnc2)CC1.Cl.Cl. The number of amides is 1. The molecule has 1 aliphatic heterocycles. The van der Waals surface area contributed by atoms with E-state index < -0.39 is 6.04 Å². The van der Waals surface area contributed by atoms with Crippen LogP contribution in [-0.2, 0) is 4.79 Å². The first-order valence-corrected chi connectivity index (χ1v) is 7.19. The lowest BCUT2D eigenvalue weighted by Gasteiger charge is -2.34. The molecule has 2 N–H and O–H groups in total. The van der Waals surface area contributed by atoms with E-state index in [2.05, 4.69) is 4.98 Å². The minimum atomic E-state index is -0.397. The summed E-state index contributed by atoms with van der Waals surface area (Å²) in [5.74, 6) is 1.02. The summed E-state index contributed by atoms with van der Waals surface area (Å²) in [5, 5.41) is 0. The maximum atomic E-state index is 12.2. The monoisotopic (exact) mass is 349 g/mol. The van der Waals surface area contributed by atoms with E-state index in [0.717, 1.165) is 18.6 Å². The van der Waals surface area contributed by atoms with E-state index >= 15 is 0 Å². The summed E-state index contributed by atoms with van der Waals surface area (Å²) < 4.78 is 5.86. The molecule has 0 aromatic carbocycles. The summed E-state index contributed by atoms with van der Waals surface area (Å²) in [6.07, 6.45) is 5.27. The van der Waals surface area contributed by atoms with Gasteiger partial charge in [-0.2, -0.15) is 0 Å². The van der Waals surface area contributed by atoms with Crippen LogP contribution in [0.25, 0.3) is 0 Å².